The molecule has 6 heteroatoms. The molecule has 20 heavy (non-hydrogen) atoms. The van der Waals surface area contributed by atoms with Crippen molar-refractivity contribution in [1.29, 1.82) is 0 Å². The van der Waals surface area contributed by atoms with E-state index < -0.39 is 29.6 Å². The lowest BCUT2D eigenvalue weighted by Crippen LogP contribution is -2.32. The highest BCUT2D eigenvalue weighted by Gasteiger charge is 2.44. The highest BCUT2D eigenvalue weighted by atomic mass is 19.1. The van der Waals surface area contributed by atoms with Crippen LogP contribution in [0.2, 0.25) is 0 Å². The highest BCUT2D eigenvalue weighted by molar-refractivity contribution is 6.21. The lowest BCUT2D eigenvalue weighted by molar-refractivity contribution is -0.119. The SMILES string of the molecule is CC(C)CC1C(=O)N(c2cc(F)ccc2F)C(=O)N1C. The fraction of sp³-hybridized carbons (Fsp3) is 0.429. The maximum absolute atomic E-state index is 13.8. The Labute approximate surface area is 116 Å². The Bertz CT molecular complexity index is 560. The predicted octanol–water partition coefficient (Wildman–Crippen LogP) is 2.78. The third-order valence-electron chi connectivity index (χ3n) is 3.31. The first-order valence-corrected chi connectivity index (χ1v) is 6.38. The summed E-state index contributed by atoms with van der Waals surface area (Å²) >= 11 is 0. The van der Waals surface area contributed by atoms with Gasteiger partial charge in [-0.3, -0.25) is 4.79 Å². The summed E-state index contributed by atoms with van der Waals surface area (Å²) in [6, 6.07) is 1.44. The number of imide groups is 1. The molecule has 1 fully saturated rings. The van der Waals surface area contributed by atoms with Gasteiger partial charge in [-0.2, -0.15) is 0 Å². The number of hydrogen-bond donors (Lipinski definition) is 0. The lowest BCUT2D eigenvalue weighted by Gasteiger charge is -2.17. The molecular weight excluding hydrogens is 266 g/mol. The monoisotopic (exact) mass is 282 g/mol. The molecule has 1 atom stereocenters. The van der Waals surface area contributed by atoms with Gasteiger partial charge in [0.05, 0.1) is 5.69 Å². The fourth-order valence-electron chi connectivity index (χ4n) is 2.28. The van der Waals surface area contributed by atoms with Gasteiger partial charge in [0.25, 0.3) is 5.91 Å². The molecule has 0 saturated carbocycles. The molecule has 0 spiro atoms. The van der Waals surface area contributed by atoms with Crippen LogP contribution in [0.3, 0.4) is 0 Å². The van der Waals surface area contributed by atoms with Gasteiger partial charge < -0.3 is 4.90 Å². The van der Waals surface area contributed by atoms with Gasteiger partial charge in [0.1, 0.15) is 17.7 Å². The standard InChI is InChI=1S/C14H16F2N2O2/c1-8(2)6-12-13(19)18(14(20)17(12)3)11-7-9(15)4-5-10(11)16/h4-5,7-8,12H,6H2,1-3H3. The second kappa shape index (κ2) is 5.19. The second-order valence-electron chi connectivity index (χ2n) is 5.31. The van der Waals surface area contributed by atoms with E-state index in [4.69, 9.17) is 0 Å². The number of halogens is 2. The van der Waals surface area contributed by atoms with Crippen LogP contribution in [0.5, 0.6) is 0 Å². The van der Waals surface area contributed by atoms with Crippen LogP contribution in [-0.2, 0) is 4.79 Å². The van der Waals surface area contributed by atoms with Gasteiger partial charge in [-0.1, -0.05) is 13.8 Å². The first-order valence-electron chi connectivity index (χ1n) is 6.38. The van der Waals surface area contributed by atoms with E-state index in [-0.39, 0.29) is 11.6 Å². The Morgan fingerprint density at radius 2 is 1.90 bits per heavy atom. The van der Waals surface area contributed by atoms with Gasteiger partial charge >= 0.3 is 6.03 Å². The van der Waals surface area contributed by atoms with E-state index in [9.17, 15) is 18.4 Å². The minimum Gasteiger partial charge on any atom is -0.315 e. The van der Waals surface area contributed by atoms with Crippen molar-refractivity contribution in [3.63, 3.8) is 0 Å². The molecule has 1 aliphatic rings. The van der Waals surface area contributed by atoms with Gasteiger partial charge in [-0.15, -0.1) is 0 Å². The lowest BCUT2D eigenvalue weighted by atomic mass is 10.0. The van der Waals surface area contributed by atoms with E-state index in [2.05, 4.69) is 0 Å². The van der Waals surface area contributed by atoms with Gasteiger partial charge in [-0.05, 0) is 24.5 Å². The number of carbonyl (C=O) groups excluding carboxylic acids is 2. The molecule has 1 aliphatic heterocycles. The molecule has 1 aromatic rings. The highest BCUT2D eigenvalue weighted by Crippen LogP contribution is 2.29. The van der Waals surface area contributed by atoms with E-state index in [1.54, 1.807) is 0 Å². The first-order chi connectivity index (χ1) is 9.32. The summed E-state index contributed by atoms with van der Waals surface area (Å²) in [7, 11) is 1.49. The number of carbonyl (C=O) groups is 2. The zero-order valence-corrected chi connectivity index (χ0v) is 11.6. The number of rotatable bonds is 3. The molecule has 4 nitrogen and oxygen atoms in total. The summed E-state index contributed by atoms with van der Waals surface area (Å²) in [6.45, 7) is 3.86. The fourth-order valence-corrected chi connectivity index (χ4v) is 2.28. The van der Waals surface area contributed by atoms with Crippen LogP contribution in [0.4, 0.5) is 19.3 Å². The van der Waals surface area contributed by atoms with Crippen LogP contribution >= 0.6 is 0 Å². The molecule has 108 valence electrons. The summed E-state index contributed by atoms with van der Waals surface area (Å²) in [5, 5.41) is 0. The van der Waals surface area contributed by atoms with Crippen LogP contribution in [0.25, 0.3) is 0 Å². The van der Waals surface area contributed by atoms with E-state index in [1.165, 1.54) is 11.9 Å². The molecule has 3 amide bonds. The Kier molecular flexibility index (Phi) is 3.74. The van der Waals surface area contributed by atoms with E-state index in [0.29, 0.717) is 11.3 Å². The average molecular weight is 282 g/mol. The zero-order valence-electron chi connectivity index (χ0n) is 11.6. The predicted molar refractivity (Wildman–Crippen MR) is 70.2 cm³/mol. The molecule has 0 N–H and O–H groups in total. The maximum Gasteiger partial charge on any atom is 0.331 e. The number of urea groups is 1. The third kappa shape index (κ3) is 2.37. The van der Waals surface area contributed by atoms with Crippen molar-refractivity contribution >= 4 is 17.6 Å². The summed E-state index contributed by atoms with van der Waals surface area (Å²) in [6.07, 6.45) is 0.481. The largest absolute Gasteiger partial charge is 0.331 e. The second-order valence-corrected chi connectivity index (χ2v) is 5.31. The molecule has 1 aromatic carbocycles. The molecule has 1 saturated heterocycles. The van der Waals surface area contributed by atoms with Crippen LogP contribution in [0.1, 0.15) is 20.3 Å². The van der Waals surface area contributed by atoms with Crippen LogP contribution in [0, 0.1) is 17.6 Å². The molecule has 2 rings (SSSR count). The quantitative estimate of drug-likeness (QED) is 0.800. The van der Waals surface area contributed by atoms with Crippen molar-refractivity contribution in [2.45, 2.75) is 26.3 Å². The maximum atomic E-state index is 13.8. The van der Waals surface area contributed by atoms with Crippen LogP contribution in [-0.4, -0.2) is 29.9 Å². The van der Waals surface area contributed by atoms with Gasteiger partial charge in [0.15, 0.2) is 0 Å². The van der Waals surface area contributed by atoms with Crippen LogP contribution in [0.15, 0.2) is 18.2 Å². The van der Waals surface area contributed by atoms with E-state index in [1.807, 2.05) is 13.8 Å². The molecule has 0 aromatic heterocycles. The summed E-state index contributed by atoms with van der Waals surface area (Å²) in [5.41, 5.74) is -0.335. The number of likely N-dealkylation sites (N-methyl/N-ethyl adjacent to an activating group) is 1. The molecule has 0 radical (unpaired) electrons. The van der Waals surface area contributed by atoms with Gasteiger partial charge in [0, 0.05) is 13.1 Å². The smallest absolute Gasteiger partial charge is 0.315 e. The van der Waals surface area contributed by atoms with Crippen molar-refractivity contribution in [2.75, 3.05) is 11.9 Å². The Hall–Kier alpha value is -1.98. The number of benzene rings is 1. The van der Waals surface area contributed by atoms with Crippen molar-refractivity contribution in [3.8, 4) is 0 Å². The normalized spacial score (nSPS) is 19.4. The number of nitrogens with zero attached hydrogens (tertiary/aromatic N) is 2. The Balaban J connectivity index is 2.40. The van der Waals surface area contributed by atoms with Crippen LogP contribution < -0.4 is 4.90 Å². The Morgan fingerprint density at radius 3 is 2.50 bits per heavy atom. The Morgan fingerprint density at radius 1 is 1.25 bits per heavy atom. The van der Waals surface area contributed by atoms with Gasteiger partial charge in [-0.25, -0.2) is 18.5 Å². The minimum atomic E-state index is -0.799. The molecule has 1 heterocycles. The van der Waals surface area contributed by atoms with Crippen molar-refractivity contribution in [1.82, 2.24) is 4.90 Å². The minimum absolute atomic E-state index is 0.205. The molecule has 1 unspecified atom stereocenters. The first kappa shape index (κ1) is 14.4. The van der Waals surface area contributed by atoms with Gasteiger partial charge in [0.2, 0.25) is 0 Å². The number of amides is 3. The topological polar surface area (TPSA) is 40.6 Å². The summed E-state index contributed by atoms with van der Waals surface area (Å²) in [5.74, 6) is -1.81. The summed E-state index contributed by atoms with van der Waals surface area (Å²) in [4.78, 5) is 26.4. The zero-order chi connectivity index (χ0) is 15.0. The molecule has 0 bridgehead atoms. The van der Waals surface area contributed by atoms with E-state index >= 15 is 0 Å². The van der Waals surface area contributed by atoms with Crippen molar-refractivity contribution in [2.24, 2.45) is 5.92 Å². The van der Waals surface area contributed by atoms with Crippen molar-refractivity contribution in [3.05, 3.63) is 29.8 Å². The number of anilines is 1. The average Bonchev–Trinajstić information content (AvgIpc) is 2.57. The number of hydrogen-bond acceptors (Lipinski definition) is 2. The molecule has 0 aliphatic carbocycles. The summed E-state index contributed by atoms with van der Waals surface area (Å²) < 4.78 is 27.0. The third-order valence-corrected chi connectivity index (χ3v) is 3.31. The van der Waals surface area contributed by atoms with E-state index in [0.717, 1.165) is 18.2 Å². The molecular formula is C14H16F2N2O2. The van der Waals surface area contributed by atoms with Crippen molar-refractivity contribution < 1.29 is 18.4 Å².